The Morgan fingerprint density at radius 2 is 1.91 bits per heavy atom. The standard InChI is InChI=1S/C14H26N4O2S2.HI/c1-7-15-13(17-14(2,3)4)16-10-11-8-9-12(21-11)22(19,20)18(5)6;/h8-9H,7,10H2,1-6H3,(H2,15,16,17);1H. The molecule has 23 heavy (non-hydrogen) atoms. The molecule has 0 saturated heterocycles. The van der Waals surface area contributed by atoms with Crippen LogP contribution in [-0.4, -0.2) is 44.9 Å². The van der Waals surface area contributed by atoms with Gasteiger partial charge in [0.25, 0.3) is 10.0 Å². The predicted molar refractivity (Wildman–Crippen MR) is 108 cm³/mol. The summed E-state index contributed by atoms with van der Waals surface area (Å²) in [6, 6.07) is 3.44. The first-order valence-corrected chi connectivity index (χ1v) is 9.39. The second-order valence-electron chi connectivity index (χ2n) is 6.08. The lowest BCUT2D eigenvalue weighted by Gasteiger charge is -2.23. The molecule has 0 spiro atoms. The van der Waals surface area contributed by atoms with E-state index in [4.69, 9.17) is 0 Å². The average Bonchev–Trinajstić information content (AvgIpc) is 2.83. The van der Waals surface area contributed by atoms with E-state index < -0.39 is 10.0 Å². The van der Waals surface area contributed by atoms with Crippen LogP contribution in [0.15, 0.2) is 21.3 Å². The van der Waals surface area contributed by atoms with Crippen LogP contribution in [0.4, 0.5) is 0 Å². The molecule has 0 unspecified atom stereocenters. The summed E-state index contributed by atoms with van der Waals surface area (Å²) in [5.74, 6) is 0.723. The normalized spacial score (nSPS) is 12.9. The van der Waals surface area contributed by atoms with Crippen LogP contribution in [0.5, 0.6) is 0 Å². The molecule has 0 aromatic carbocycles. The molecule has 0 aliphatic rings. The zero-order valence-corrected chi connectivity index (χ0v) is 18.5. The molecular formula is C14H27IN4O2S2. The number of sulfonamides is 1. The molecule has 0 bridgehead atoms. The van der Waals surface area contributed by atoms with Gasteiger partial charge in [-0.15, -0.1) is 35.3 Å². The van der Waals surface area contributed by atoms with Gasteiger partial charge < -0.3 is 10.6 Å². The van der Waals surface area contributed by atoms with E-state index in [1.165, 1.54) is 29.7 Å². The molecule has 0 aliphatic carbocycles. The molecule has 0 saturated carbocycles. The monoisotopic (exact) mass is 474 g/mol. The van der Waals surface area contributed by atoms with E-state index in [1.807, 2.05) is 13.0 Å². The minimum Gasteiger partial charge on any atom is -0.357 e. The summed E-state index contributed by atoms with van der Waals surface area (Å²) in [7, 11) is -0.299. The average molecular weight is 474 g/mol. The van der Waals surface area contributed by atoms with Crippen molar-refractivity contribution in [3.05, 3.63) is 17.0 Å². The van der Waals surface area contributed by atoms with Crippen molar-refractivity contribution in [2.24, 2.45) is 4.99 Å². The van der Waals surface area contributed by atoms with Crippen LogP contribution in [0.1, 0.15) is 32.6 Å². The van der Waals surface area contributed by atoms with Gasteiger partial charge in [-0.25, -0.2) is 17.7 Å². The lowest BCUT2D eigenvalue weighted by atomic mass is 10.1. The minimum atomic E-state index is -3.36. The van der Waals surface area contributed by atoms with Gasteiger partial charge in [0, 0.05) is 31.1 Å². The van der Waals surface area contributed by atoms with E-state index in [0.717, 1.165) is 17.4 Å². The maximum atomic E-state index is 12.0. The van der Waals surface area contributed by atoms with Crippen LogP contribution < -0.4 is 10.6 Å². The second-order valence-corrected chi connectivity index (χ2v) is 9.63. The Bertz CT molecular complexity index is 619. The Kier molecular flexibility index (Phi) is 9.03. The first kappa shape index (κ1) is 22.6. The fourth-order valence-electron chi connectivity index (χ4n) is 1.58. The van der Waals surface area contributed by atoms with Crippen molar-refractivity contribution in [1.29, 1.82) is 0 Å². The fraction of sp³-hybridized carbons (Fsp3) is 0.643. The van der Waals surface area contributed by atoms with Gasteiger partial charge in [0.2, 0.25) is 0 Å². The summed E-state index contributed by atoms with van der Waals surface area (Å²) in [6.45, 7) is 9.41. The van der Waals surface area contributed by atoms with Gasteiger partial charge in [0.1, 0.15) is 4.21 Å². The number of nitrogens with zero attached hydrogens (tertiary/aromatic N) is 2. The molecule has 134 valence electrons. The molecule has 0 aliphatic heterocycles. The van der Waals surface area contributed by atoms with Crippen molar-refractivity contribution in [2.75, 3.05) is 20.6 Å². The van der Waals surface area contributed by atoms with Crippen molar-refractivity contribution in [2.45, 2.75) is 44.0 Å². The summed E-state index contributed by atoms with van der Waals surface area (Å²) < 4.78 is 25.7. The zero-order valence-electron chi connectivity index (χ0n) is 14.5. The maximum Gasteiger partial charge on any atom is 0.252 e. The molecule has 2 N–H and O–H groups in total. The first-order valence-electron chi connectivity index (χ1n) is 7.14. The van der Waals surface area contributed by atoms with Crippen molar-refractivity contribution in [3.63, 3.8) is 0 Å². The highest BCUT2D eigenvalue weighted by Gasteiger charge is 2.19. The summed E-state index contributed by atoms with van der Waals surface area (Å²) >= 11 is 1.25. The van der Waals surface area contributed by atoms with Gasteiger partial charge in [-0.1, -0.05) is 0 Å². The van der Waals surface area contributed by atoms with Crippen molar-refractivity contribution in [3.8, 4) is 0 Å². The van der Waals surface area contributed by atoms with E-state index in [-0.39, 0.29) is 29.5 Å². The van der Waals surface area contributed by atoms with Crippen molar-refractivity contribution in [1.82, 2.24) is 14.9 Å². The molecule has 1 rings (SSSR count). The van der Waals surface area contributed by atoms with Crippen LogP contribution in [0.3, 0.4) is 0 Å². The second kappa shape index (κ2) is 9.19. The lowest BCUT2D eigenvalue weighted by Crippen LogP contribution is -2.47. The molecule has 0 atom stereocenters. The third kappa shape index (κ3) is 7.36. The van der Waals surface area contributed by atoms with Gasteiger partial charge >= 0.3 is 0 Å². The van der Waals surface area contributed by atoms with Gasteiger partial charge in [-0.05, 0) is 39.8 Å². The third-order valence-corrected chi connectivity index (χ3v) is 5.96. The third-order valence-electron chi connectivity index (χ3n) is 2.60. The fourth-order valence-corrected chi connectivity index (χ4v) is 4.03. The van der Waals surface area contributed by atoms with Crippen LogP contribution >= 0.6 is 35.3 Å². The number of hydrogen-bond acceptors (Lipinski definition) is 4. The minimum absolute atomic E-state index is 0. The Labute approximate surface area is 160 Å². The van der Waals surface area contributed by atoms with Gasteiger partial charge in [-0.2, -0.15) is 0 Å². The highest BCUT2D eigenvalue weighted by atomic mass is 127. The van der Waals surface area contributed by atoms with E-state index >= 15 is 0 Å². The number of nitrogens with one attached hydrogen (secondary N) is 2. The zero-order chi connectivity index (χ0) is 17.0. The smallest absolute Gasteiger partial charge is 0.252 e. The number of rotatable bonds is 5. The number of thiophene rings is 1. The van der Waals surface area contributed by atoms with E-state index in [9.17, 15) is 8.42 Å². The molecular weight excluding hydrogens is 447 g/mol. The number of halogens is 1. The highest BCUT2D eigenvalue weighted by Crippen LogP contribution is 2.24. The quantitative estimate of drug-likeness (QED) is 0.391. The largest absolute Gasteiger partial charge is 0.357 e. The molecule has 9 heteroatoms. The van der Waals surface area contributed by atoms with Gasteiger partial charge in [-0.3, -0.25) is 0 Å². The van der Waals surface area contributed by atoms with E-state index in [0.29, 0.717) is 10.8 Å². The first-order chi connectivity index (χ1) is 10.1. The highest BCUT2D eigenvalue weighted by molar-refractivity contribution is 14.0. The van der Waals surface area contributed by atoms with Gasteiger partial charge in [0.15, 0.2) is 5.96 Å². The van der Waals surface area contributed by atoms with E-state index in [2.05, 4.69) is 36.4 Å². The van der Waals surface area contributed by atoms with Crippen LogP contribution in [0.2, 0.25) is 0 Å². The SMILES string of the molecule is CCNC(=NCc1ccc(S(=O)(=O)N(C)C)s1)NC(C)(C)C.I. The molecule has 0 amide bonds. The van der Waals surface area contributed by atoms with Crippen molar-refractivity contribution < 1.29 is 8.42 Å². The van der Waals surface area contributed by atoms with Crippen LogP contribution in [-0.2, 0) is 16.6 Å². The predicted octanol–water partition coefficient (Wildman–Crippen LogP) is 2.47. The molecule has 1 aromatic rings. The molecule has 0 fully saturated rings. The van der Waals surface area contributed by atoms with Crippen LogP contribution in [0.25, 0.3) is 0 Å². The maximum absolute atomic E-state index is 12.0. The number of guanidine groups is 1. The Hall–Kier alpha value is -0.390. The topological polar surface area (TPSA) is 73.8 Å². The summed E-state index contributed by atoms with van der Waals surface area (Å²) in [6.07, 6.45) is 0. The van der Waals surface area contributed by atoms with Crippen molar-refractivity contribution >= 4 is 51.3 Å². The molecule has 1 heterocycles. The van der Waals surface area contributed by atoms with E-state index in [1.54, 1.807) is 6.07 Å². The summed E-state index contributed by atoms with van der Waals surface area (Å²) in [4.78, 5) is 5.41. The Morgan fingerprint density at radius 3 is 2.39 bits per heavy atom. The molecule has 6 nitrogen and oxygen atoms in total. The number of hydrogen-bond donors (Lipinski definition) is 2. The summed E-state index contributed by atoms with van der Waals surface area (Å²) in [5, 5.41) is 6.48. The Balaban J connectivity index is 0.00000484. The van der Waals surface area contributed by atoms with Gasteiger partial charge in [0.05, 0.1) is 6.54 Å². The number of aliphatic imine (C=N–C) groups is 1. The van der Waals surface area contributed by atoms with Crippen LogP contribution in [0, 0.1) is 0 Å². The lowest BCUT2D eigenvalue weighted by molar-refractivity contribution is 0.501. The summed E-state index contributed by atoms with van der Waals surface area (Å²) in [5.41, 5.74) is -0.0874. The molecule has 0 radical (unpaired) electrons. The molecule has 1 aromatic heterocycles. The Morgan fingerprint density at radius 1 is 1.30 bits per heavy atom.